The molecule has 0 aliphatic carbocycles. The molecule has 0 heterocycles. The van der Waals surface area contributed by atoms with Crippen molar-refractivity contribution in [2.24, 2.45) is 10.9 Å². The Kier molecular flexibility index (Phi) is 14.7. The lowest BCUT2D eigenvalue weighted by atomic mass is 10.1. The maximum Gasteiger partial charge on any atom is 0.191 e. The predicted molar refractivity (Wildman–Crippen MR) is 123 cm³/mol. The first-order valence-corrected chi connectivity index (χ1v) is 9.25. The number of hydrogen-bond donors (Lipinski definition) is 2. The average molecular weight is 476 g/mol. The molecule has 1 aromatic carbocycles. The summed E-state index contributed by atoms with van der Waals surface area (Å²) in [6.07, 6.45) is 2.00. The van der Waals surface area contributed by atoms with Gasteiger partial charge in [-0.05, 0) is 38.4 Å². The van der Waals surface area contributed by atoms with Crippen LogP contribution in [0.3, 0.4) is 0 Å². The summed E-state index contributed by atoms with van der Waals surface area (Å²) in [6.45, 7) is 7.67. The number of ether oxygens (including phenoxy) is 1. The lowest BCUT2D eigenvalue weighted by Crippen LogP contribution is -2.46. The van der Waals surface area contributed by atoms with Crippen LogP contribution in [0.25, 0.3) is 0 Å². The lowest BCUT2D eigenvalue weighted by Gasteiger charge is -2.25. The number of rotatable bonds is 11. The molecular weight excluding hydrogens is 439 g/mol. The van der Waals surface area contributed by atoms with Crippen LogP contribution in [-0.4, -0.2) is 64.3 Å². The molecule has 0 aromatic heterocycles. The van der Waals surface area contributed by atoms with Crippen LogP contribution in [0.15, 0.2) is 35.3 Å². The molecule has 0 aliphatic heterocycles. The van der Waals surface area contributed by atoms with E-state index < -0.39 is 0 Å². The van der Waals surface area contributed by atoms with Gasteiger partial charge in [0, 0.05) is 39.4 Å². The van der Waals surface area contributed by atoms with Crippen molar-refractivity contribution in [3.63, 3.8) is 0 Å². The second-order valence-electron chi connectivity index (χ2n) is 7.01. The van der Waals surface area contributed by atoms with E-state index in [4.69, 9.17) is 4.74 Å². The summed E-state index contributed by atoms with van der Waals surface area (Å²) in [6, 6.07) is 11.0. The van der Waals surface area contributed by atoms with Crippen molar-refractivity contribution in [1.82, 2.24) is 15.5 Å². The number of hydrogen-bond acceptors (Lipinski definition) is 3. The van der Waals surface area contributed by atoms with E-state index >= 15 is 0 Å². The van der Waals surface area contributed by atoms with E-state index in [-0.39, 0.29) is 24.0 Å². The van der Waals surface area contributed by atoms with Crippen LogP contribution in [0.2, 0.25) is 0 Å². The van der Waals surface area contributed by atoms with Gasteiger partial charge in [0.25, 0.3) is 0 Å². The van der Waals surface area contributed by atoms with Crippen LogP contribution in [0.4, 0.5) is 0 Å². The van der Waals surface area contributed by atoms with Crippen LogP contribution >= 0.6 is 24.0 Å². The minimum absolute atomic E-state index is 0. The van der Waals surface area contributed by atoms with Crippen molar-refractivity contribution in [1.29, 1.82) is 0 Å². The van der Waals surface area contributed by atoms with Crippen LogP contribution in [-0.2, 0) is 11.2 Å². The molecule has 0 fully saturated rings. The molecule has 150 valence electrons. The first kappa shape index (κ1) is 25.1. The molecule has 2 N–H and O–H groups in total. The molecule has 0 saturated carbocycles. The van der Waals surface area contributed by atoms with Crippen LogP contribution in [0, 0.1) is 5.92 Å². The van der Waals surface area contributed by atoms with Gasteiger partial charge in [0.1, 0.15) is 0 Å². The zero-order valence-corrected chi connectivity index (χ0v) is 19.3. The van der Waals surface area contributed by atoms with Gasteiger partial charge in [0.15, 0.2) is 5.96 Å². The van der Waals surface area contributed by atoms with Gasteiger partial charge in [-0.1, -0.05) is 44.2 Å². The molecule has 0 amide bonds. The van der Waals surface area contributed by atoms with E-state index in [1.165, 1.54) is 5.56 Å². The van der Waals surface area contributed by atoms with Gasteiger partial charge >= 0.3 is 0 Å². The third kappa shape index (κ3) is 11.7. The van der Waals surface area contributed by atoms with E-state index in [9.17, 15) is 0 Å². The fraction of sp³-hybridized carbons (Fsp3) is 0.650. The maximum absolute atomic E-state index is 5.60. The Bertz CT molecular complexity index is 480. The lowest BCUT2D eigenvalue weighted by molar-refractivity contribution is 0.108. The minimum atomic E-state index is 0. The molecule has 0 aliphatic rings. The highest BCUT2D eigenvalue weighted by atomic mass is 127. The SMILES string of the molecule is CN=C(NCCCOCC(C)C)NCC(Cc1ccccc1)N(C)C.I. The standard InChI is InChI=1S/C20H36N4O.HI/c1-17(2)16-25-13-9-12-22-20(21-3)23-15-19(24(4)5)14-18-10-7-6-8-11-18;/h6-8,10-11,17,19H,9,12-16H2,1-5H3,(H2,21,22,23);1H. The van der Waals surface area contributed by atoms with E-state index in [2.05, 4.69) is 78.8 Å². The second-order valence-corrected chi connectivity index (χ2v) is 7.01. The quantitative estimate of drug-likeness (QED) is 0.223. The summed E-state index contributed by atoms with van der Waals surface area (Å²) in [5, 5.41) is 6.79. The number of nitrogens with one attached hydrogen (secondary N) is 2. The summed E-state index contributed by atoms with van der Waals surface area (Å²) < 4.78 is 5.60. The van der Waals surface area contributed by atoms with Crippen molar-refractivity contribution in [2.45, 2.75) is 32.7 Å². The number of likely N-dealkylation sites (N-methyl/N-ethyl adjacent to an activating group) is 1. The highest BCUT2D eigenvalue weighted by molar-refractivity contribution is 14.0. The van der Waals surface area contributed by atoms with Gasteiger partial charge in [0.05, 0.1) is 0 Å². The molecule has 0 saturated heterocycles. The number of aliphatic imine (C=N–C) groups is 1. The monoisotopic (exact) mass is 476 g/mol. The normalized spacial score (nSPS) is 12.8. The predicted octanol–water partition coefficient (Wildman–Crippen LogP) is 3.01. The zero-order chi connectivity index (χ0) is 18.5. The summed E-state index contributed by atoms with van der Waals surface area (Å²) in [4.78, 5) is 6.56. The maximum atomic E-state index is 5.60. The molecule has 1 unspecified atom stereocenters. The van der Waals surface area contributed by atoms with E-state index in [0.29, 0.717) is 12.0 Å². The smallest absolute Gasteiger partial charge is 0.191 e. The molecule has 0 bridgehead atoms. The van der Waals surface area contributed by atoms with Crippen molar-refractivity contribution < 1.29 is 4.74 Å². The first-order valence-electron chi connectivity index (χ1n) is 9.25. The highest BCUT2D eigenvalue weighted by Gasteiger charge is 2.12. The van der Waals surface area contributed by atoms with Gasteiger partial charge in [-0.15, -0.1) is 24.0 Å². The topological polar surface area (TPSA) is 48.9 Å². The Morgan fingerprint density at radius 1 is 1.15 bits per heavy atom. The summed E-state index contributed by atoms with van der Waals surface area (Å²) in [7, 11) is 6.06. The number of guanidine groups is 1. The highest BCUT2D eigenvalue weighted by Crippen LogP contribution is 2.06. The minimum Gasteiger partial charge on any atom is -0.381 e. The average Bonchev–Trinajstić information content (AvgIpc) is 2.59. The van der Waals surface area contributed by atoms with Crippen LogP contribution < -0.4 is 10.6 Å². The molecule has 6 heteroatoms. The Balaban J connectivity index is 0.00000625. The third-order valence-electron chi connectivity index (χ3n) is 3.98. The van der Waals surface area contributed by atoms with Crippen molar-refractivity contribution in [3.8, 4) is 0 Å². The molecular formula is C20H37IN4O. The molecule has 5 nitrogen and oxygen atoms in total. The Labute approximate surface area is 177 Å². The van der Waals surface area contributed by atoms with Crippen LogP contribution in [0.1, 0.15) is 25.8 Å². The fourth-order valence-electron chi connectivity index (χ4n) is 2.46. The van der Waals surface area contributed by atoms with Gasteiger partial charge in [0.2, 0.25) is 0 Å². The second kappa shape index (κ2) is 15.2. The van der Waals surface area contributed by atoms with Gasteiger partial charge in [-0.3, -0.25) is 4.99 Å². The first-order chi connectivity index (χ1) is 12.0. The number of halogens is 1. The van der Waals surface area contributed by atoms with Gasteiger partial charge in [-0.2, -0.15) is 0 Å². The molecule has 0 spiro atoms. The fourth-order valence-corrected chi connectivity index (χ4v) is 2.46. The molecule has 0 radical (unpaired) electrons. The van der Waals surface area contributed by atoms with Crippen molar-refractivity contribution >= 4 is 29.9 Å². The van der Waals surface area contributed by atoms with Gasteiger partial charge in [-0.25, -0.2) is 0 Å². The van der Waals surface area contributed by atoms with E-state index in [1.54, 1.807) is 0 Å². The van der Waals surface area contributed by atoms with Crippen LogP contribution in [0.5, 0.6) is 0 Å². The zero-order valence-electron chi connectivity index (χ0n) is 17.0. The Morgan fingerprint density at radius 2 is 1.85 bits per heavy atom. The number of nitrogens with zero attached hydrogens (tertiary/aromatic N) is 2. The molecule has 1 rings (SSSR count). The molecule has 26 heavy (non-hydrogen) atoms. The molecule has 1 atom stereocenters. The third-order valence-corrected chi connectivity index (χ3v) is 3.98. The largest absolute Gasteiger partial charge is 0.381 e. The summed E-state index contributed by atoms with van der Waals surface area (Å²) in [5.41, 5.74) is 1.35. The summed E-state index contributed by atoms with van der Waals surface area (Å²) >= 11 is 0. The Hall–Kier alpha value is -0.860. The van der Waals surface area contributed by atoms with E-state index in [1.807, 2.05) is 7.05 Å². The van der Waals surface area contributed by atoms with Crippen molar-refractivity contribution in [3.05, 3.63) is 35.9 Å². The molecule has 1 aromatic rings. The number of benzene rings is 1. The van der Waals surface area contributed by atoms with Crippen molar-refractivity contribution in [2.75, 3.05) is 47.4 Å². The Morgan fingerprint density at radius 3 is 2.42 bits per heavy atom. The van der Waals surface area contributed by atoms with E-state index in [0.717, 1.165) is 45.1 Å². The van der Waals surface area contributed by atoms with Gasteiger partial charge < -0.3 is 20.3 Å². The summed E-state index contributed by atoms with van der Waals surface area (Å²) in [5.74, 6) is 1.44.